The fraction of sp³-hybridized carbons (Fsp3) is 0.882. The molecule has 0 aromatic rings. The van der Waals surface area contributed by atoms with Crippen LogP contribution in [0.2, 0.25) is 19.6 Å². The van der Waals surface area contributed by atoms with Crippen LogP contribution in [0.25, 0.3) is 0 Å². The summed E-state index contributed by atoms with van der Waals surface area (Å²) < 4.78 is 28.7. The fourth-order valence-electron chi connectivity index (χ4n) is 2.30. The van der Waals surface area contributed by atoms with Gasteiger partial charge in [0, 0.05) is 7.11 Å². The highest BCUT2D eigenvalue weighted by molar-refractivity contribution is 6.82. The molecular formula is C17H35BO5Si. The molecule has 1 atom stereocenters. The highest BCUT2D eigenvalue weighted by atomic mass is 28.3. The largest absolute Gasteiger partial charge is 0.492 e. The Morgan fingerprint density at radius 2 is 1.62 bits per heavy atom. The Morgan fingerprint density at radius 1 is 1.08 bits per heavy atom. The van der Waals surface area contributed by atoms with Gasteiger partial charge in [0.05, 0.1) is 38.6 Å². The molecule has 0 bridgehead atoms. The van der Waals surface area contributed by atoms with Crippen LogP contribution in [0.3, 0.4) is 0 Å². The molecule has 0 aromatic heterocycles. The second-order valence-electron chi connectivity index (χ2n) is 8.43. The van der Waals surface area contributed by atoms with E-state index in [2.05, 4.69) is 53.0 Å². The number of ether oxygens (including phenoxy) is 3. The molecule has 1 saturated heterocycles. The summed E-state index contributed by atoms with van der Waals surface area (Å²) in [6.07, 6.45) is -0.131. The Bertz CT molecular complexity index is 415. The first-order valence-corrected chi connectivity index (χ1v) is 12.2. The molecule has 1 unspecified atom stereocenters. The first-order valence-electron chi connectivity index (χ1n) is 8.66. The van der Waals surface area contributed by atoms with E-state index >= 15 is 0 Å². The zero-order valence-electron chi connectivity index (χ0n) is 16.9. The van der Waals surface area contributed by atoms with Gasteiger partial charge < -0.3 is 23.5 Å². The summed E-state index contributed by atoms with van der Waals surface area (Å²) in [4.78, 5) is 0. The van der Waals surface area contributed by atoms with Crippen molar-refractivity contribution in [3.63, 3.8) is 0 Å². The minimum absolute atomic E-state index is 0.131. The molecule has 24 heavy (non-hydrogen) atoms. The molecule has 0 radical (unpaired) electrons. The average Bonchev–Trinajstić information content (AvgIpc) is 2.63. The molecule has 7 heteroatoms. The molecule has 0 spiro atoms. The van der Waals surface area contributed by atoms with Crippen molar-refractivity contribution < 1.29 is 23.5 Å². The second kappa shape index (κ2) is 8.47. The molecule has 0 amide bonds. The third-order valence-corrected chi connectivity index (χ3v) is 5.63. The lowest BCUT2D eigenvalue weighted by molar-refractivity contribution is -0.0821. The number of rotatable bonds is 9. The van der Waals surface area contributed by atoms with E-state index in [-0.39, 0.29) is 31.2 Å². The Labute approximate surface area is 149 Å². The first kappa shape index (κ1) is 21.9. The van der Waals surface area contributed by atoms with Crippen LogP contribution in [0, 0.1) is 0 Å². The zero-order chi connectivity index (χ0) is 18.6. The van der Waals surface area contributed by atoms with E-state index in [1.54, 1.807) is 7.11 Å². The van der Waals surface area contributed by atoms with Gasteiger partial charge in [-0.15, -0.1) is 0 Å². The van der Waals surface area contributed by atoms with Crippen molar-refractivity contribution in [2.45, 2.75) is 71.6 Å². The zero-order valence-corrected chi connectivity index (χ0v) is 17.9. The summed E-state index contributed by atoms with van der Waals surface area (Å²) in [5, 5.41) is 0. The van der Waals surface area contributed by atoms with Crippen LogP contribution in [0.4, 0.5) is 0 Å². The van der Waals surface area contributed by atoms with Gasteiger partial charge in [-0.25, -0.2) is 0 Å². The molecule has 1 fully saturated rings. The fourth-order valence-corrected chi connectivity index (χ4v) is 3.67. The smallest absolute Gasteiger partial charge is 0.400 e. The maximum Gasteiger partial charge on any atom is 0.492 e. The average molecular weight is 358 g/mol. The van der Waals surface area contributed by atoms with Crippen molar-refractivity contribution in [1.82, 2.24) is 0 Å². The van der Waals surface area contributed by atoms with Crippen LogP contribution in [0.15, 0.2) is 11.2 Å². The summed E-state index contributed by atoms with van der Waals surface area (Å²) in [5.41, 5.74) is 2.66. The topological polar surface area (TPSA) is 46.2 Å². The van der Waals surface area contributed by atoms with Crippen molar-refractivity contribution >= 4 is 15.2 Å². The van der Waals surface area contributed by atoms with Gasteiger partial charge in [0.25, 0.3) is 0 Å². The van der Waals surface area contributed by atoms with E-state index in [4.69, 9.17) is 23.5 Å². The molecule has 0 saturated carbocycles. The summed E-state index contributed by atoms with van der Waals surface area (Å²) in [7, 11) is -0.193. The van der Waals surface area contributed by atoms with Crippen molar-refractivity contribution in [2.75, 3.05) is 27.1 Å². The SMILES string of the molecule is COCCOCOC(C)/C(=C/[Si](C)(C)C)B1OC(C)(C)C(C)(C)O1. The summed E-state index contributed by atoms with van der Waals surface area (Å²) in [6.45, 7) is 18.5. The molecule has 140 valence electrons. The monoisotopic (exact) mass is 358 g/mol. The summed E-state index contributed by atoms with van der Waals surface area (Å²) in [5.74, 6) is 0. The molecular weight excluding hydrogens is 323 g/mol. The third-order valence-electron chi connectivity index (χ3n) is 4.43. The van der Waals surface area contributed by atoms with E-state index in [1.807, 2.05) is 6.92 Å². The Balaban J connectivity index is 2.81. The predicted molar refractivity (Wildman–Crippen MR) is 101 cm³/mol. The van der Waals surface area contributed by atoms with Crippen molar-refractivity contribution in [3.8, 4) is 0 Å². The number of hydrogen-bond donors (Lipinski definition) is 0. The lowest BCUT2D eigenvalue weighted by Crippen LogP contribution is -2.41. The van der Waals surface area contributed by atoms with Gasteiger partial charge in [-0.05, 0) is 40.1 Å². The van der Waals surface area contributed by atoms with Crippen LogP contribution in [0.5, 0.6) is 0 Å². The van der Waals surface area contributed by atoms with E-state index < -0.39 is 8.07 Å². The molecule has 0 N–H and O–H groups in total. The van der Waals surface area contributed by atoms with Gasteiger partial charge in [0.2, 0.25) is 0 Å². The highest BCUT2D eigenvalue weighted by Gasteiger charge is 2.53. The van der Waals surface area contributed by atoms with Crippen LogP contribution in [-0.4, -0.2) is 59.6 Å². The molecule has 1 heterocycles. The molecule has 1 aliphatic heterocycles. The summed E-state index contributed by atoms with van der Waals surface area (Å²) in [6, 6.07) is 0. The van der Waals surface area contributed by atoms with E-state index in [0.29, 0.717) is 13.2 Å². The molecule has 1 aliphatic rings. The van der Waals surface area contributed by atoms with E-state index in [1.165, 1.54) is 0 Å². The molecule has 0 aromatic carbocycles. The van der Waals surface area contributed by atoms with Crippen molar-refractivity contribution in [1.29, 1.82) is 0 Å². The Hall–Kier alpha value is -0.178. The van der Waals surface area contributed by atoms with E-state index in [0.717, 1.165) is 5.47 Å². The van der Waals surface area contributed by atoms with Gasteiger partial charge in [0.1, 0.15) is 6.79 Å². The second-order valence-corrected chi connectivity index (χ2v) is 13.4. The maximum absolute atomic E-state index is 6.23. The Kier molecular flexibility index (Phi) is 7.72. The number of methoxy groups -OCH3 is 1. The van der Waals surface area contributed by atoms with Crippen LogP contribution in [0.1, 0.15) is 34.6 Å². The highest BCUT2D eigenvalue weighted by Crippen LogP contribution is 2.39. The van der Waals surface area contributed by atoms with Gasteiger partial charge >= 0.3 is 7.12 Å². The Morgan fingerprint density at radius 3 is 2.08 bits per heavy atom. The van der Waals surface area contributed by atoms with Crippen molar-refractivity contribution in [3.05, 3.63) is 11.2 Å². The van der Waals surface area contributed by atoms with Crippen LogP contribution in [-0.2, 0) is 23.5 Å². The minimum Gasteiger partial charge on any atom is -0.400 e. The third kappa shape index (κ3) is 6.28. The quantitative estimate of drug-likeness (QED) is 0.359. The van der Waals surface area contributed by atoms with Gasteiger partial charge in [-0.2, -0.15) is 0 Å². The standard InChI is InChI=1S/C17H35BO5Si/c1-14(21-13-20-11-10-19-6)15(12-24(7,8)9)18-22-16(2,3)17(4,5)23-18/h12,14H,10-11,13H2,1-9H3/b15-12-. The van der Waals surface area contributed by atoms with E-state index in [9.17, 15) is 0 Å². The van der Waals surface area contributed by atoms with Gasteiger partial charge in [-0.1, -0.05) is 25.3 Å². The molecule has 0 aliphatic carbocycles. The number of hydrogen-bond acceptors (Lipinski definition) is 5. The maximum atomic E-state index is 6.23. The van der Waals surface area contributed by atoms with Crippen molar-refractivity contribution in [2.24, 2.45) is 0 Å². The lowest BCUT2D eigenvalue weighted by atomic mass is 9.76. The molecule has 1 rings (SSSR count). The summed E-state index contributed by atoms with van der Waals surface area (Å²) >= 11 is 0. The normalized spacial score (nSPS) is 22.0. The lowest BCUT2D eigenvalue weighted by Gasteiger charge is -2.32. The van der Waals surface area contributed by atoms with Gasteiger partial charge in [0.15, 0.2) is 0 Å². The van der Waals surface area contributed by atoms with Gasteiger partial charge in [-0.3, -0.25) is 0 Å². The van der Waals surface area contributed by atoms with Crippen LogP contribution < -0.4 is 0 Å². The first-order chi connectivity index (χ1) is 10.9. The molecule has 5 nitrogen and oxygen atoms in total. The minimum atomic E-state index is -1.47. The van der Waals surface area contributed by atoms with Crippen LogP contribution >= 0.6 is 0 Å². The predicted octanol–water partition coefficient (Wildman–Crippen LogP) is 3.45.